The van der Waals surface area contributed by atoms with Gasteiger partial charge in [-0.15, -0.1) is 0 Å². The molecule has 0 atom stereocenters. The Hall–Kier alpha value is -3.14. The first-order valence-electron chi connectivity index (χ1n) is 11.1. The van der Waals surface area contributed by atoms with Crippen LogP contribution in [0.3, 0.4) is 0 Å². The third-order valence-corrected chi connectivity index (χ3v) is 5.68. The third kappa shape index (κ3) is 5.32. The number of pyridine rings is 2. The molecule has 0 fully saturated rings. The maximum Gasteiger partial charge on any atom is 0.136 e. The molecule has 0 radical (unpaired) electrons. The van der Waals surface area contributed by atoms with Gasteiger partial charge < -0.3 is 9.80 Å². The Bertz CT molecular complexity index is 1000. The molecule has 0 saturated heterocycles. The fourth-order valence-corrected chi connectivity index (χ4v) is 3.59. The standard InChI is InChI=1S/C27H34N4/c1-7-9-11-22(19-30(6)20(3)4)24-15-25(17-28-16-24)26-14-23-13-21(5)31(12-10-8-2)27(23)29-18-26/h7,9,11,14-20H,1,5,8,10,12-13H2,2-4,6H3/b11-9-,22-19+. The van der Waals surface area contributed by atoms with Crippen molar-refractivity contribution in [2.75, 3.05) is 18.5 Å². The van der Waals surface area contributed by atoms with Gasteiger partial charge in [0, 0.05) is 78.8 Å². The highest BCUT2D eigenvalue weighted by molar-refractivity contribution is 5.77. The van der Waals surface area contributed by atoms with E-state index in [0.29, 0.717) is 6.04 Å². The summed E-state index contributed by atoms with van der Waals surface area (Å²) in [6.45, 7) is 15.6. The van der Waals surface area contributed by atoms with E-state index in [1.165, 1.54) is 5.56 Å². The summed E-state index contributed by atoms with van der Waals surface area (Å²) >= 11 is 0. The van der Waals surface area contributed by atoms with E-state index in [2.05, 4.69) is 80.2 Å². The summed E-state index contributed by atoms with van der Waals surface area (Å²) in [5, 5.41) is 0. The topological polar surface area (TPSA) is 32.3 Å². The second-order valence-corrected chi connectivity index (χ2v) is 8.36. The van der Waals surface area contributed by atoms with Gasteiger partial charge in [0.1, 0.15) is 5.82 Å². The molecule has 2 aromatic heterocycles. The molecular formula is C27H34N4. The minimum absolute atomic E-state index is 0.410. The van der Waals surface area contributed by atoms with E-state index in [9.17, 15) is 0 Å². The lowest BCUT2D eigenvalue weighted by Gasteiger charge is -2.20. The SMILES string of the molecule is C=C/C=C\C(=C/N(C)C(C)C)c1cncc(-c2cnc3c(c2)CC(=C)N3CCCC)c1. The minimum atomic E-state index is 0.410. The predicted octanol–water partition coefficient (Wildman–Crippen LogP) is 6.24. The normalized spacial score (nSPS) is 13.9. The number of fused-ring (bicyclic) bond motifs is 1. The van der Waals surface area contributed by atoms with Crippen molar-refractivity contribution in [2.45, 2.75) is 46.1 Å². The zero-order valence-corrected chi connectivity index (χ0v) is 19.3. The first kappa shape index (κ1) is 22.5. The predicted molar refractivity (Wildman–Crippen MR) is 133 cm³/mol. The Balaban J connectivity index is 1.94. The van der Waals surface area contributed by atoms with Gasteiger partial charge in [0.2, 0.25) is 0 Å². The molecule has 0 bridgehead atoms. The van der Waals surface area contributed by atoms with Gasteiger partial charge in [-0.05, 0) is 38.0 Å². The second kappa shape index (κ2) is 10.3. The third-order valence-electron chi connectivity index (χ3n) is 5.68. The summed E-state index contributed by atoms with van der Waals surface area (Å²) in [4.78, 5) is 13.8. The van der Waals surface area contributed by atoms with Crippen LogP contribution in [0.15, 0.2) is 74.0 Å². The van der Waals surface area contributed by atoms with Gasteiger partial charge in [-0.1, -0.05) is 44.7 Å². The van der Waals surface area contributed by atoms with Crippen LogP contribution in [0.25, 0.3) is 16.7 Å². The molecule has 162 valence electrons. The molecule has 0 unspecified atom stereocenters. The Labute approximate surface area is 187 Å². The van der Waals surface area contributed by atoms with Crippen molar-refractivity contribution < 1.29 is 0 Å². The zero-order chi connectivity index (χ0) is 22.4. The molecule has 31 heavy (non-hydrogen) atoms. The van der Waals surface area contributed by atoms with Crippen LogP contribution in [-0.4, -0.2) is 34.5 Å². The van der Waals surface area contributed by atoms with E-state index in [1.807, 2.05) is 24.7 Å². The molecule has 0 saturated carbocycles. The van der Waals surface area contributed by atoms with Gasteiger partial charge in [-0.25, -0.2) is 4.98 Å². The van der Waals surface area contributed by atoms with E-state index >= 15 is 0 Å². The molecule has 3 heterocycles. The van der Waals surface area contributed by atoms with Gasteiger partial charge in [0.25, 0.3) is 0 Å². The van der Waals surface area contributed by atoms with Crippen molar-refractivity contribution in [2.24, 2.45) is 0 Å². The molecule has 4 nitrogen and oxygen atoms in total. The van der Waals surface area contributed by atoms with Crippen LogP contribution in [-0.2, 0) is 6.42 Å². The van der Waals surface area contributed by atoms with Gasteiger partial charge in [-0.3, -0.25) is 4.98 Å². The van der Waals surface area contributed by atoms with E-state index in [1.54, 1.807) is 6.08 Å². The maximum absolute atomic E-state index is 4.80. The first-order chi connectivity index (χ1) is 14.9. The highest BCUT2D eigenvalue weighted by Gasteiger charge is 2.24. The van der Waals surface area contributed by atoms with Crippen molar-refractivity contribution in [3.8, 4) is 11.1 Å². The number of unbranched alkanes of at least 4 members (excludes halogenated alkanes) is 1. The summed E-state index contributed by atoms with van der Waals surface area (Å²) in [6.07, 6.45) is 16.9. The molecule has 0 aliphatic carbocycles. The molecule has 1 aliphatic heterocycles. The van der Waals surface area contributed by atoms with Gasteiger partial charge in [0.05, 0.1) is 0 Å². The van der Waals surface area contributed by atoms with Crippen LogP contribution in [0.4, 0.5) is 5.82 Å². The van der Waals surface area contributed by atoms with Crippen molar-refractivity contribution in [1.82, 2.24) is 14.9 Å². The number of hydrogen-bond acceptors (Lipinski definition) is 4. The Kier molecular flexibility index (Phi) is 7.45. The fourth-order valence-electron chi connectivity index (χ4n) is 3.59. The number of anilines is 1. The number of rotatable bonds is 9. The Morgan fingerprint density at radius 3 is 2.71 bits per heavy atom. The second-order valence-electron chi connectivity index (χ2n) is 8.36. The lowest BCUT2D eigenvalue weighted by atomic mass is 10.0. The molecule has 0 spiro atoms. The molecular weight excluding hydrogens is 380 g/mol. The average molecular weight is 415 g/mol. The largest absolute Gasteiger partial charge is 0.377 e. The van der Waals surface area contributed by atoms with Crippen LogP contribution in [0.5, 0.6) is 0 Å². The summed E-state index contributed by atoms with van der Waals surface area (Å²) < 4.78 is 0. The molecule has 3 rings (SSSR count). The highest BCUT2D eigenvalue weighted by atomic mass is 15.2. The first-order valence-corrected chi connectivity index (χ1v) is 11.1. The number of nitrogens with zero attached hydrogens (tertiary/aromatic N) is 4. The molecule has 0 amide bonds. The van der Waals surface area contributed by atoms with Crippen LogP contribution >= 0.6 is 0 Å². The van der Waals surface area contributed by atoms with Crippen LogP contribution in [0.2, 0.25) is 0 Å². The quantitative estimate of drug-likeness (QED) is 0.454. The zero-order valence-electron chi connectivity index (χ0n) is 19.3. The van der Waals surface area contributed by atoms with Crippen molar-refractivity contribution in [3.63, 3.8) is 0 Å². The number of hydrogen-bond donors (Lipinski definition) is 0. The van der Waals surface area contributed by atoms with E-state index < -0.39 is 0 Å². The van der Waals surface area contributed by atoms with Gasteiger partial charge in [0.15, 0.2) is 0 Å². The van der Waals surface area contributed by atoms with Gasteiger partial charge in [-0.2, -0.15) is 0 Å². The average Bonchev–Trinajstić information content (AvgIpc) is 3.08. The van der Waals surface area contributed by atoms with Crippen LogP contribution < -0.4 is 4.90 Å². The number of aromatic nitrogens is 2. The molecule has 4 heteroatoms. The Morgan fingerprint density at radius 2 is 2.00 bits per heavy atom. The Morgan fingerprint density at radius 1 is 1.23 bits per heavy atom. The lowest BCUT2D eigenvalue weighted by Crippen LogP contribution is -2.20. The van der Waals surface area contributed by atoms with Crippen molar-refractivity contribution in [3.05, 3.63) is 85.1 Å². The minimum Gasteiger partial charge on any atom is -0.377 e. The highest BCUT2D eigenvalue weighted by Crippen LogP contribution is 2.35. The molecule has 0 N–H and O–H groups in total. The monoisotopic (exact) mass is 414 g/mol. The summed E-state index contributed by atoms with van der Waals surface area (Å²) in [5.74, 6) is 1.05. The smallest absolute Gasteiger partial charge is 0.136 e. The van der Waals surface area contributed by atoms with E-state index in [4.69, 9.17) is 4.98 Å². The summed E-state index contributed by atoms with van der Waals surface area (Å²) in [6, 6.07) is 4.83. The summed E-state index contributed by atoms with van der Waals surface area (Å²) in [7, 11) is 2.09. The molecule has 0 aromatic carbocycles. The van der Waals surface area contributed by atoms with Crippen molar-refractivity contribution >= 4 is 11.4 Å². The van der Waals surface area contributed by atoms with Crippen LogP contribution in [0.1, 0.15) is 44.7 Å². The van der Waals surface area contributed by atoms with Crippen LogP contribution in [0, 0.1) is 0 Å². The van der Waals surface area contributed by atoms with Gasteiger partial charge >= 0.3 is 0 Å². The summed E-state index contributed by atoms with van der Waals surface area (Å²) in [5.41, 5.74) is 6.69. The van der Waals surface area contributed by atoms with Crippen molar-refractivity contribution in [1.29, 1.82) is 0 Å². The fraction of sp³-hybridized carbons (Fsp3) is 0.333. The number of allylic oxidation sites excluding steroid dienone is 5. The van der Waals surface area contributed by atoms with E-state index in [-0.39, 0.29) is 0 Å². The molecule has 2 aromatic rings. The maximum atomic E-state index is 4.80. The van der Waals surface area contributed by atoms with E-state index in [0.717, 1.165) is 59.6 Å². The molecule has 1 aliphatic rings. The lowest BCUT2D eigenvalue weighted by molar-refractivity contribution is 0.377.